The molecule has 1 aromatic heterocycles. The molecule has 10 heteroatoms. The Balaban J connectivity index is 1.88. The lowest BCUT2D eigenvalue weighted by Gasteiger charge is -2.36. The Morgan fingerprint density at radius 1 is 1.17 bits per heavy atom. The average Bonchev–Trinajstić information content (AvgIpc) is 3.15. The zero-order valence-corrected chi connectivity index (χ0v) is 15.4. The number of likely N-dealkylation sites (N-methyl/N-ethyl adjacent to an activating group) is 1. The number of fused-ring (bicyclic) bond motifs is 1. The fourth-order valence-corrected chi connectivity index (χ4v) is 3.02. The second-order valence-electron chi connectivity index (χ2n) is 6.63. The summed E-state index contributed by atoms with van der Waals surface area (Å²) in [6.45, 7) is -0.465. The third kappa shape index (κ3) is 4.26. The number of anilines is 2. The van der Waals surface area contributed by atoms with Gasteiger partial charge < -0.3 is 15.3 Å². The van der Waals surface area contributed by atoms with E-state index in [1.165, 1.54) is 13.1 Å². The van der Waals surface area contributed by atoms with Gasteiger partial charge in [-0.3, -0.25) is 5.10 Å². The molecular weight excluding hydrogens is 395 g/mol. The van der Waals surface area contributed by atoms with Crippen LogP contribution >= 0.6 is 0 Å². The molecule has 0 aliphatic carbocycles. The van der Waals surface area contributed by atoms with Gasteiger partial charge in [-0.05, 0) is 31.2 Å². The van der Waals surface area contributed by atoms with Crippen LogP contribution in [0.15, 0.2) is 42.6 Å². The third-order valence-electron chi connectivity index (χ3n) is 4.67. The maximum Gasteiger partial charge on any atom is 0.420 e. The van der Waals surface area contributed by atoms with Crippen LogP contribution < -0.4 is 10.2 Å². The van der Waals surface area contributed by atoms with Crippen LogP contribution in [0.1, 0.15) is 6.92 Å². The average molecular weight is 414 g/mol. The molecule has 1 atom stereocenters. The molecule has 1 unspecified atom stereocenters. The first-order chi connectivity index (χ1) is 13.6. The van der Waals surface area contributed by atoms with E-state index in [4.69, 9.17) is 0 Å². The van der Waals surface area contributed by atoms with Gasteiger partial charge in [0.2, 0.25) is 0 Å². The van der Waals surface area contributed by atoms with Crippen molar-refractivity contribution < 1.29 is 27.1 Å². The summed E-state index contributed by atoms with van der Waals surface area (Å²) in [4.78, 5) is 0.950. The molecule has 3 rings (SSSR count). The molecule has 3 N–H and O–H groups in total. The molecule has 3 aromatic rings. The van der Waals surface area contributed by atoms with Gasteiger partial charge >= 0.3 is 6.18 Å². The molecule has 0 radical (unpaired) electrons. The first kappa shape index (κ1) is 20.8. The molecule has 0 spiro atoms. The Labute approximate surface area is 163 Å². The van der Waals surface area contributed by atoms with Crippen LogP contribution in [0.4, 0.5) is 33.3 Å². The maximum atomic E-state index is 14.1. The molecular formula is C19H19F5N4O. The zero-order chi connectivity index (χ0) is 21.2. The summed E-state index contributed by atoms with van der Waals surface area (Å²) in [5.41, 5.74) is -2.62. The van der Waals surface area contributed by atoms with Gasteiger partial charge in [-0.2, -0.15) is 18.3 Å². The molecule has 0 saturated carbocycles. The van der Waals surface area contributed by atoms with Crippen molar-refractivity contribution in [2.45, 2.75) is 18.7 Å². The van der Waals surface area contributed by atoms with Crippen molar-refractivity contribution in [3.8, 4) is 0 Å². The molecule has 156 valence electrons. The van der Waals surface area contributed by atoms with Gasteiger partial charge in [0.25, 0.3) is 0 Å². The largest absolute Gasteiger partial charge is 0.420 e. The minimum Gasteiger partial charge on any atom is -0.381 e. The molecule has 5 nitrogen and oxygen atoms in total. The zero-order valence-electron chi connectivity index (χ0n) is 15.4. The first-order valence-electron chi connectivity index (χ1n) is 8.79. The Bertz CT molecular complexity index is 990. The number of H-pyrrole nitrogens is 1. The number of hydrogen-bond acceptors (Lipinski definition) is 4. The predicted molar refractivity (Wildman–Crippen MR) is 99.8 cm³/mol. The Morgan fingerprint density at radius 3 is 2.62 bits per heavy atom. The second kappa shape index (κ2) is 7.86. The summed E-state index contributed by atoms with van der Waals surface area (Å²) in [5, 5.41) is 20.2. The lowest BCUT2D eigenvalue weighted by molar-refractivity contribution is -0.250. The number of hydrogen-bond donors (Lipinski definition) is 3. The van der Waals surface area contributed by atoms with Crippen molar-refractivity contribution in [3.63, 3.8) is 0 Å². The fourth-order valence-electron chi connectivity index (χ4n) is 3.02. The van der Waals surface area contributed by atoms with Crippen molar-refractivity contribution in [2.24, 2.45) is 0 Å². The van der Waals surface area contributed by atoms with Gasteiger partial charge in [0, 0.05) is 23.7 Å². The summed E-state index contributed by atoms with van der Waals surface area (Å²) in [7, 11) is 0. The van der Waals surface area contributed by atoms with Crippen molar-refractivity contribution in [2.75, 3.05) is 29.9 Å². The van der Waals surface area contributed by atoms with Crippen molar-refractivity contribution in [1.29, 1.82) is 0 Å². The summed E-state index contributed by atoms with van der Waals surface area (Å²) in [5.74, 6) is -1.67. The Morgan fingerprint density at radius 2 is 1.93 bits per heavy atom. The van der Waals surface area contributed by atoms with Crippen LogP contribution in [-0.4, -0.2) is 46.7 Å². The number of aliphatic hydroxyl groups is 1. The van der Waals surface area contributed by atoms with E-state index in [1.54, 1.807) is 18.2 Å². The highest BCUT2D eigenvalue weighted by atomic mass is 19.4. The number of halogens is 5. The Hall–Kier alpha value is -2.88. The lowest BCUT2D eigenvalue weighted by atomic mass is 10.0. The minimum atomic E-state index is -5.03. The number of rotatable bonds is 7. The monoisotopic (exact) mass is 414 g/mol. The number of aromatic amines is 1. The van der Waals surface area contributed by atoms with E-state index >= 15 is 0 Å². The van der Waals surface area contributed by atoms with E-state index in [1.807, 2.05) is 0 Å². The number of benzene rings is 2. The highest BCUT2D eigenvalue weighted by molar-refractivity contribution is 5.90. The predicted octanol–water partition coefficient (Wildman–Crippen LogP) is 4.07. The van der Waals surface area contributed by atoms with E-state index in [0.717, 1.165) is 23.1 Å². The molecule has 0 fully saturated rings. The van der Waals surface area contributed by atoms with Crippen molar-refractivity contribution >= 4 is 22.3 Å². The van der Waals surface area contributed by atoms with Crippen LogP contribution in [0.3, 0.4) is 0 Å². The highest BCUT2D eigenvalue weighted by Gasteiger charge is 2.54. The van der Waals surface area contributed by atoms with Gasteiger partial charge in [0.15, 0.2) is 5.60 Å². The minimum absolute atomic E-state index is 0.0733. The summed E-state index contributed by atoms with van der Waals surface area (Å²) >= 11 is 0. The molecule has 0 aliphatic rings. The van der Waals surface area contributed by atoms with Crippen LogP contribution in [-0.2, 0) is 0 Å². The van der Waals surface area contributed by atoms with Crippen molar-refractivity contribution in [1.82, 2.24) is 10.2 Å². The fraction of sp³-hybridized carbons (Fsp3) is 0.316. The lowest BCUT2D eigenvalue weighted by Crippen LogP contribution is -2.58. The SMILES string of the molecule is CCN(CC(O)(CNc1cccc2[nH]ncc12)C(F)(F)F)c1cc(F)ccc1F. The van der Waals surface area contributed by atoms with Crippen LogP contribution in [0.25, 0.3) is 10.9 Å². The van der Waals surface area contributed by atoms with Gasteiger partial charge in [0.05, 0.1) is 30.5 Å². The van der Waals surface area contributed by atoms with E-state index in [9.17, 15) is 27.1 Å². The number of nitrogens with zero attached hydrogens (tertiary/aromatic N) is 2. The summed E-state index contributed by atoms with van der Waals surface area (Å²) in [6, 6.07) is 7.38. The molecule has 29 heavy (non-hydrogen) atoms. The third-order valence-corrected chi connectivity index (χ3v) is 4.67. The van der Waals surface area contributed by atoms with Crippen LogP contribution in [0.5, 0.6) is 0 Å². The van der Waals surface area contributed by atoms with Gasteiger partial charge in [-0.15, -0.1) is 0 Å². The summed E-state index contributed by atoms with van der Waals surface area (Å²) < 4.78 is 68.8. The second-order valence-corrected chi connectivity index (χ2v) is 6.63. The van der Waals surface area contributed by atoms with E-state index in [0.29, 0.717) is 16.6 Å². The molecule has 1 heterocycles. The molecule has 0 amide bonds. The quantitative estimate of drug-likeness (QED) is 0.510. The van der Waals surface area contributed by atoms with Crippen LogP contribution in [0.2, 0.25) is 0 Å². The topological polar surface area (TPSA) is 64.2 Å². The number of nitrogens with one attached hydrogen (secondary N) is 2. The van der Waals surface area contributed by atoms with Gasteiger partial charge in [-0.25, -0.2) is 8.78 Å². The Kier molecular flexibility index (Phi) is 5.65. The molecule has 0 aliphatic heterocycles. The molecule has 0 saturated heterocycles. The highest BCUT2D eigenvalue weighted by Crippen LogP contribution is 2.34. The van der Waals surface area contributed by atoms with Crippen LogP contribution in [0, 0.1) is 11.6 Å². The number of aromatic nitrogens is 2. The maximum absolute atomic E-state index is 14.1. The van der Waals surface area contributed by atoms with E-state index in [-0.39, 0.29) is 12.2 Å². The normalized spacial score (nSPS) is 14.0. The molecule has 0 bridgehead atoms. The van der Waals surface area contributed by atoms with Crippen molar-refractivity contribution in [3.05, 3.63) is 54.2 Å². The van der Waals surface area contributed by atoms with Gasteiger partial charge in [-0.1, -0.05) is 6.07 Å². The summed E-state index contributed by atoms with van der Waals surface area (Å²) in [6.07, 6.45) is -3.58. The first-order valence-corrected chi connectivity index (χ1v) is 8.79. The molecule has 2 aromatic carbocycles. The van der Waals surface area contributed by atoms with E-state index in [2.05, 4.69) is 15.5 Å². The number of alkyl halides is 3. The standard InChI is InChI=1S/C19H19F5N4O/c1-2-28(17-8-12(20)6-7-14(17)21)11-18(29,19(22,23)24)10-25-15-4-3-5-16-13(15)9-26-27-16/h3-9,25,29H,2,10-11H2,1H3,(H,26,27). The van der Waals surface area contributed by atoms with Gasteiger partial charge in [0.1, 0.15) is 11.6 Å². The smallest absolute Gasteiger partial charge is 0.381 e. The van der Waals surface area contributed by atoms with E-state index < -0.39 is 36.5 Å².